The average Bonchev–Trinajstić information content (AvgIpc) is 2.27. The van der Waals surface area contributed by atoms with Crippen LogP contribution in [0, 0.1) is 11.2 Å². The Hall–Kier alpha value is -0.930. The lowest BCUT2D eigenvalue weighted by Crippen LogP contribution is -2.42. The predicted molar refractivity (Wildman–Crippen MR) is 74.9 cm³/mol. The first kappa shape index (κ1) is 15.1. The SMILES string of the molecule is CC(N(C)CC(N)c1ccccc1F)C(C)(C)C. The molecule has 18 heavy (non-hydrogen) atoms. The summed E-state index contributed by atoms with van der Waals surface area (Å²) in [6.07, 6.45) is 0. The normalized spacial score (nSPS) is 15.8. The zero-order chi connectivity index (χ0) is 13.9. The molecule has 1 aromatic carbocycles. The van der Waals surface area contributed by atoms with Gasteiger partial charge in [-0.25, -0.2) is 4.39 Å². The summed E-state index contributed by atoms with van der Waals surface area (Å²) in [6.45, 7) is 9.42. The van der Waals surface area contributed by atoms with Crippen LogP contribution < -0.4 is 5.73 Å². The molecule has 0 spiro atoms. The smallest absolute Gasteiger partial charge is 0.128 e. The zero-order valence-electron chi connectivity index (χ0n) is 12.1. The highest BCUT2D eigenvalue weighted by molar-refractivity contribution is 5.21. The van der Waals surface area contributed by atoms with Crippen LogP contribution in [0.5, 0.6) is 0 Å². The van der Waals surface area contributed by atoms with Gasteiger partial charge in [0, 0.05) is 24.2 Å². The molecule has 3 heteroatoms. The largest absolute Gasteiger partial charge is 0.323 e. The maximum Gasteiger partial charge on any atom is 0.128 e. The fourth-order valence-electron chi connectivity index (χ4n) is 2.00. The van der Waals surface area contributed by atoms with Crippen LogP contribution in [-0.4, -0.2) is 24.5 Å². The predicted octanol–water partition coefficient (Wildman–Crippen LogP) is 3.19. The number of halogens is 1. The molecule has 1 rings (SSSR count). The molecule has 0 heterocycles. The van der Waals surface area contributed by atoms with Gasteiger partial charge in [0.25, 0.3) is 0 Å². The Kier molecular flexibility index (Phi) is 4.88. The number of likely N-dealkylation sites (N-methyl/N-ethyl adjacent to an activating group) is 1. The van der Waals surface area contributed by atoms with Gasteiger partial charge in [-0.15, -0.1) is 0 Å². The summed E-state index contributed by atoms with van der Waals surface area (Å²) in [7, 11) is 2.04. The lowest BCUT2D eigenvalue weighted by atomic mass is 9.87. The Balaban J connectivity index is 2.71. The molecular formula is C15H25FN2. The van der Waals surface area contributed by atoms with Gasteiger partial charge in [0.1, 0.15) is 5.82 Å². The van der Waals surface area contributed by atoms with E-state index in [4.69, 9.17) is 5.73 Å². The summed E-state index contributed by atoms with van der Waals surface area (Å²) in [5.74, 6) is -0.221. The summed E-state index contributed by atoms with van der Waals surface area (Å²) in [5.41, 5.74) is 6.87. The summed E-state index contributed by atoms with van der Waals surface area (Å²) in [4.78, 5) is 2.19. The van der Waals surface area contributed by atoms with Gasteiger partial charge in [-0.05, 0) is 25.5 Å². The third kappa shape index (κ3) is 3.79. The molecule has 0 bridgehead atoms. The number of hydrogen-bond acceptors (Lipinski definition) is 2. The molecule has 0 aliphatic rings. The molecule has 2 N–H and O–H groups in total. The Morgan fingerprint density at radius 1 is 1.28 bits per heavy atom. The van der Waals surface area contributed by atoms with Gasteiger partial charge in [0.2, 0.25) is 0 Å². The standard InChI is InChI=1S/C15H25FN2/c1-11(15(2,3)4)18(5)10-14(17)12-8-6-7-9-13(12)16/h6-9,11,14H,10,17H2,1-5H3. The van der Waals surface area contributed by atoms with Crippen molar-refractivity contribution in [1.82, 2.24) is 4.90 Å². The molecule has 2 unspecified atom stereocenters. The lowest BCUT2D eigenvalue weighted by molar-refractivity contribution is 0.134. The molecule has 0 amide bonds. The minimum absolute atomic E-state index is 0.184. The highest BCUT2D eigenvalue weighted by Gasteiger charge is 2.25. The molecule has 102 valence electrons. The van der Waals surface area contributed by atoms with Gasteiger partial charge in [0.05, 0.1) is 0 Å². The fraction of sp³-hybridized carbons (Fsp3) is 0.600. The molecule has 0 aliphatic heterocycles. The van der Waals surface area contributed by atoms with E-state index in [0.717, 1.165) is 0 Å². The Labute approximate surface area is 110 Å². The van der Waals surface area contributed by atoms with E-state index in [1.54, 1.807) is 12.1 Å². The van der Waals surface area contributed by atoms with Crippen LogP contribution in [0.4, 0.5) is 4.39 Å². The molecule has 0 radical (unpaired) electrons. The monoisotopic (exact) mass is 252 g/mol. The van der Waals surface area contributed by atoms with E-state index in [2.05, 4.69) is 32.6 Å². The second-order valence-electron chi connectivity index (χ2n) is 6.11. The van der Waals surface area contributed by atoms with Gasteiger partial charge >= 0.3 is 0 Å². The molecule has 0 saturated heterocycles. The maximum atomic E-state index is 13.6. The lowest BCUT2D eigenvalue weighted by Gasteiger charge is -2.36. The highest BCUT2D eigenvalue weighted by Crippen LogP contribution is 2.24. The van der Waals surface area contributed by atoms with E-state index in [-0.39, 0.29) is 17.3 Å². The van der Waals surface area contributed by atoms with Crippen LogP contribution in [0.2, 0.25) is 0 Å². The Bertz CT molecular complexity index is 384. The third-order valence-electron chi connectivity index (χ3n) is 3.70. The van der Waals surface area contributed by atoms with Crippen molar-refractivity contribution in [3.8, 4) is 0 Å². The van der Waals surface area contributed by atoms with Gasteiger partial charge in [-0.3, -0.25) is 0 Å². The number of nitrogens with zero attached hydrogens (tertiary/aromatic N) is 1. The first-order valence-corrected chi connectivity index (χ1v) is 6.43. The maximum absolute atomic E-state index is 13.6. The highest BCUT2D eigenvalue weighted by atomic mass is 19.1. The van der Waals surface area contributed by atoms with E-state index in [1.165, 1.54) is 6.07 Å². The second kappa shape index (κ2) is 5.81. The van der Waals surface area contributed by atoms with E-state index in [1.807, 2.05) is 13.1 Å². The van der Waals surface area contributed by atoms with E-state index < -0.39 is 0 Å². The first-order valence-electron chi connectivity index (χ1n) is 6.43. The van der Waals surface area contributed by atoms with Crippen LogP contribution in [-0.2, 0) is 0 Å². The van der Waals surface area contributed by atoms with Crippen LogP contribution in [0.15, 0.2) is 24.3 Å². The zero-order valence-corrected chi connectivity index (χ0v) is 12.1. The number of nitrogens with two attached hydrogens (primary N) is 1. The molecule has 0 fully saturated rings. The van der Waals surface area contributed by atoms with Gasteiger partial charge in [0.15, 0.2) is 0 Å². The molecule has 0 aliphatic carbocycles. The van der Waals surface area contributed by atoms with Gasteiger partial charge < -0.3 is 10.6 Å². The fourth-order valence-corrected chi connectivity index (χ4v) is 2.00. The van der Waals surface area contributed by atoms with Crippen LogP contribution in [0.1, 0.15) is 39.3 Å². The summed E-state index contributed by atoms with van der Waals surface area (Å²) in [5, 5.41) is 0. The van der Waals surface area contributed by atoms with Crippen molar-refractivity contribution in [2.45, 2.75) is 39.8 Å². The van der Waals surface area contributed by atoms with Crippen molar-refractivity contribution >= 4 is 0 Å². The third-order valence-corrected chi connectivity index (χ3v) is 3.70. The molecule has 1 aromatic rings. The van der Waals surface area contributed by atoms with Crippen molar-refractivity contribution in [3.05, 3.63) is 35.6 Å². The quantitative estimate of drug-likeness (QED) is 0.891. The van der Waals surface area contributed by atoms with Crippen molar-refractivity contribution in [3.63, 3.8) is 0 Å². The van der Waals surface area contributed by atoms with Gasteiger partial charge in [-0.2, -0.15) is 0 Å². The molecule has 0 aromatic heterocycles. The number of benzene rings is 1. The molecule has 2 nitrogen and oxygen atoms in total. The van der Waals surface area contributed by atoms with Crippen molar-refractivity contribution < 1.29 is 4.39 Å². The Morgan fingerprint density at radius 2 is 1.83 bits per heavy atom. The minimum atomic E-state index is -0.291. The summed E-state index contributed by atoms with van der Waals surface area (Å²) in [6, 6.07) is 6.83. The number of rotatable bonds is 4. The van der Waals surface area contributed by atoms with E-state index in [0.29, 0.717) is 18.2 Å². The summed E-state index contributed by atoms with van der Waals surface area (Å²) >= 11 is 0. The molecule has 0 saturated carbocycles. The topological polar surface area (TPSA) is 29.3 Å². The average molecular weight is 252 g/mol. The molecular weight excluding hydrogens is 227 g/mol. The second-order valence-corrected chi connectivity index (χ2v) is 6.11. The van der Waals surface area contributed by atoms with Crippen molar-refractivity contribution in [1.29, 1.82) is 0 Å². The van der Waals surface area contributed by atoms with Crippen LogP contribution >= 0.6 is 0 Å². The van der Waals surface area contributed by atoms with Crippen LogP contribution in [0.25, 0.3) is 0 Å². The van der Waals surface area contributed by atoms with Gasteiger partial charge in [-0.1, -0.05) is 39.0 Å². The minimum Gasteiger partial charge on any atom is -0.323 e. The van der Waals surface area contributed by atoms with E-state index >= 15 is 0 Å². The Morgan fingerprint density at radius 3 is 2.33 bits per heavy atom. The van der Waals surface area contributed by atoms with Crippen molar-refractivity contribution in [2.24, 2.45) is 11.1 Å². The van der Waals surface area contributed by atoms with Crippen LogP contribution in [0.3, 0.4) is 0 Å². The van der Waals surface area contributed by atoms with Crippen molar-refractivity contribution in [2.75, 3.05) is 13.6 Å². The first-order chi connectivity index (χ1) is 8.23. The summed E-state index contributed by atoms with van der Waals surface area (Å²) < 4.78 is 13.6. The molecule has 2 atom stereocenters. The number of hydrogen-bond donors (Lipinski definition) is 1. The van der Waals surface area contributed by atoms with E-state index in [9.17, 15) is 4.39 Å².